The third-order valence-corrected chi connectivity index (χ3v) is 7.19. The molecule has 178 valence electrons. The third-order valence-electron chi connectivity index (χ3n) is 4.93. The molecule has 5 rings (SSSR count). The number of rotatable bonds is 5. The van der Waals surface area contributed by atoms with Gasteiger partial charge in [0.25, 0.3) is 10.0 Å². The van der Waals surface area contributed by atoms with E-state index < -0.39 is 49.4 Å². The zero-order valence-electron chi connectivity index (χ0n) is 17.2. The van der Waals surface area contributed by atoms with E-state index in [1.165, 1.54) is 28.1 Å². The van der Waals surface area contributed by atoms with Gasteiger partial charge in [0.15, 0.2) is 5.82 Å². The number of hydrogen-bond donors (Lipinski definition) is 2. The van der Waals surface area contributed by atoms with Gasteiger partial charge in [-0.1, -0.05) is 0 Å². The number of nitrogens with zero attached hydrogens (tertiary/aromatic N) is 4. The molecule has 3 aromatic heterocycles. The van der Waals surface area contributed by atoms with Crippen molar-refractivity contribution in [2.75, 3.05) is 10.5 Å². The Morgan fingerprint density at radius 1 is 1.00 bits per heavy atom. The molecule has 0 amide bonds. The normalized spacial score (nSPS) is 11.8. The van der Waals surface area contributed by atoms with Gasteiger partial charge in [0, 0.05) is 17.8 Å². The highest BCUT2D eigenvalue weighted by atomic mass is 32.2. The lowest BCUT2D eigenvalue weighted by Crippen LogP contribution is -2.16. The summed E-state index contributed by atoms with van der Waals surface area (Å²) in [5.74, 6) is -4.71. The van der Waals surface area contributed by atoms with Crippen LogP contribution in [0.2, 0.25) is 0 Å². The van der Waals surface area contributed by atoms with Crippen molar-refractivity contribution in [1.29, 1.82) is 0 Å². The van der Waals surface area contributed by atoms with E-state index in [0.29, 0.717) is 17.0 Å². The van der Waals surface area contributed by atoms with Gasteiger partial charge in [-0.15, -0.1) is 11.3 Å². The maximum atomic E-state index is 15.6. The minimum atomic E-state index is -4.77. The number of nitrogens with two attached hydrogens (primary N) is 1. The van der Waals surface area contributed by atoms with Gasteiger partial charge < -0.3 is 5.73 Å². The van der Waals surface area contributed by atoms with E-state index in [1.54, 1.807) is 11.6 Å². The number of sulfonamides is 1. The van der Waals surface area contributed by atoms with Crippen LogP contribution >= 0.6 is 11.3 Å². The molecule has 0 unspecified atom stereocenters. The summed E-state index contributed by atoms with van der Waals surface area (Å²) in [5.41, 5.74) is 4.61. The van der Waals surface area contributed by atoms with Crippen molar-refractivity contribution in [1.82, 2.24) is 19.6 Å². The number of anilines is 2. The zero-order valence-corrected chi connectivity index (χ0v) is 18.8. The summed E-state index contributed by atoms with van der Waals surface area (Å²) < 4.78 is 86.7. The molecule has 0 fully saturated rings. The van der Waals surface area contributed by atoms with Gasteiger partial charge in [-0.25, -0.2) is 40.5 Å². The predicted molar refractivity (Wildman–Crippen MR) is 121 cm³/mol. The number of nitrogen functional groups attached to an aromatic ring is 1. The molecule has 0 saturated heterocycles. The van der Waals surface area contributed by atoms with E-state index in [0.717, 1.165) is 18.2 Å². The van der Waals surface area contributed by atoms with Crippen LogP contribution in [-0.2, 0) is 10.0 Å². The predicted octanol–water partition coefficient (Wildman–Crippen LogP) is 4.46. The van der Waals surface area contributed by atoms with E-state index in [-0.39, 0.29) is 22.9 Å². The second kappa shape index (κ2) is 8.32. The standard InChI is InChI=1S/C21H12F4N6O2S2/c22-10-1-2-11(23)15(9-10)35(32,33)30-14-4-3-12(24)16(18(14)25)19-17(13-5-6-27-21(26)28-13)20-31(29-19)7-8-34-20/h1-9,30H,(H2,26,27,28). The first-order chi connectivity index (χ1) is 16.7. The number of nitrogens with one attached hydrogen (secondary N) is 1. The monoisotopic (exact) mass is 520 g/mol. The topological polar surface area (TPSA) is 115 Å². The van der Waals surface area contributed by atoms with E-state index in [2.05, 4.69) is 15.1 Å². The summed E-state index contributed by atoms with van der Waals surface area (Å²) in [7, 11) is -4.77. The molecule has 0 aliphatic heterocycles. The van der Waals surface area contributed by atoms with Gasteiger partial charge in [0.2, 0.25) is 5.95 Å². The molecule has 5 aromatic rings. The fourth-order valence-electron chi connectivity index (χ4n) is 3.44. The zero-order chi connectivity index (χ0) is 24.9. The van der Waals surface area contributed by atoms with Crippen LogP contribution in [0.3, 0.4) is 0 Å². The van der Waals surface area contributed by atoms with E-state index in [9.17, 15) is 21.6 Å². The molecule has 3 N–H and O–H groups in total. The van der Waals surface area contributed by atoms with Crippen LogP contribution < -0.4 is 10.5 Å². The summed E-state index contributed by atoms with van der Waals surface area (Å²) in [4.78, 5) is 7.38. The van der Waals surface area contributed by atoms with Crippen LogP contribution in [0.15, 0.2) is 59.1 Å². The number of benzene rings is 2. The molecule has 3 heterocycles. The van der Waals surface area contributed by atoms with Gasteiger partial charge in [-0.05, 0) is 36.4 Å². The first-order valence-corrected chi connectivity index (χ1v) is 12.0. The van der Waals surface area contributed by atoms with Gasteiger partial charge in [-0.3, -0.25) is 4.72 Å². The minimum Gasteiger partial charge on any atom is -0.368 e. The fourth-order valence-corrected chi connectivity index (χ4v) is 5.42. The van der Waals surface area contributed by atoms with Crippen molar-refractivity contribution in [3.8, 4) is 22.5 Å². The highest BCUT2D eigenvalue weighted by Crippen LogP contribution is 2.40. The second-order valence-electron chi connectivity index (χ2n) is 7.14. The Balaban J connectivity index is 1.68. The van der Waals surface area contributed by atoms with Gasteiger partial charge in [0.05, 0.1) is 22.5 Å². The largest absolute Gasteiger partial charge is 0.368 e. The Bertz CT molecular complexity index is 1720. The Morgan fingerprint density at radius 3 is 2.54 bits per heavy atom. The molecule has 8 nitrogen and oxygen atoms in total. The smallest absolute Gasteiger partial charge is 0.265 e. The van der Waals surface area contributed by atoms with Crippen LogP contribution in [-0.4, -0.2) is 28.0 Å². The summed E-state index contributed by atoms with van der Waals surface area (Å²) in [5, 5.41) is 5.95. The Kier molecular flexibility index (Phi) is 5.40. The Labute approximate surface area is 198 Å². The lowest BCUT2D eigenvalue weighted by Gasteiger charge is -2.13. The molecule has 0 aliphatic rings. The lowest BCUT2D eigenvalue weighted by molar-refractivity contribution is 0.554. The molecule has 14 heteroatoms. The molecule has 2 aromatic carbocycles. The van der Waals surface area contributed by atoms with Gasteiger partial charge >= 0.3 is 0 Å². The highest BCUT2D eigenvalue weighted by molar-refractivity contribution is 7.92. The fraction of sp³-hybridized carbons (Fsp3) is 0. The summed E-state index contributed by atoms with van der Waals surface area (Å²) >= 11 is 1.22. The molecule has 0 bridgehead atoms. The van der Waals surface area contributed by atoms with Gasteiger partial charge in [0.1, 0.15) is 32.9 Å². The number of aromatic nitrogens is 4. The SMILES string of the molecule is Nc1nccc(-c2c(-c3c(F)ccc(NS(=O)(=O)c4cc(F)ccc4F)c3F)nn3ccsc23)n1. The van der Waals surface area contributed by atoms with Crippen LogP contribution in [0.5, 0.6) is 0 Å². The molecule has 0 radical (unpaired) electrons. The van der Waals surface area contributed by atoms with Crippen LogP contribution in [0.25, 0.3) is 27.3 Å². The van der Waals surface area contributed by atoms with Crippen molar-refractivity contribution in [2.24, 2.45) is 0 Å². The van der Waals surface area contributed by atoms with Crippen molar-refractivity contribution >= 4 is 37.8 Å². The van der Waals surface area contributed by atoms with Crippen LogP contribution in [0.4, 0.5) is 29.2 Å². The summed E-state index contributed by atoms with van der Waals surface area (Å²) in [6, 6.07) is 4.92. The van der Waals surface area contributed by atoms with Gasteiger partial charge in [-0.2, -0.15) is 5.10 Å². The Hall–Kier alpha value is -4.04. The number of thiazole rings is 1. The average molecular weight is 520 g/mol. The van der Waals surface area contributed by atoms with E-state index >= 15 is 4.39 Å². The molecular weight excluding hydrogens is 508 g/mol. The Morgan fingerprint density at radius 2 is 1.77 bits per heavy atom. The van der Waals surface area contributed by atoms with E-state index in [4.69, 9.17) is 5.73 Å². The molecule has 0 atom stereocenters. The minimum absolute atomic E-state index is 0.0797. The first kappa shape index (κ1) is 22.7. The first-order valence-electron chi connectivity index (χ1n) is 9.66. The third kappa shape index (κ3) is 3.95. The summed E-state index contributed by atoms with van der Waals surface area (Å²) in [6.07, 6.45) is 2.93. The number of fused-ring (bicyclic) bond motifs is 1. The quantitative estimate of drug-likeness (QED) is 0.331. The number of hydrogen-bond acceptors (Lipinski definition) is 7. The lowest BCUT2D eigenvalue weighted by atomic mass is 10.0. The van der Waals surface area contributed by atoms with E-state index in [1.807, 2.05) is 4.72 Å². The summed E-state index contributed by atoms with van der Waals surface area (Å²) in [6.45, 7) is 0. The second-order valence-corrected chi connectivity index (χ2v) is 9.69. The van der Waals surface area contributed by atoms with Crippen LogP contribution in [0.1, 0.15) is 0 Å². The van der Waals surface area contributed by atoms with Crippen molar-refractivity contribution in [2.45, 2.75) is 4.90 Å². The molecule has 0 saturated carbocycles. The van der Waals surface area contributed by atoms with Crippen molar-refractivity contribution in [3.63, 3.8) is 0 Å². The molecule has 0 aliphatic carbocycles. The molecule has 35 heavy (non-hydrogen) atoms. The average Bonchev–Trinajstić information content (AvgIpc) is 3.39. The van der Waals surface area contributed by atoms with Crippen molar-refractivity contribution in [3.05, 3.63) is 77.4 Å². The molecule has 0 spiro atoms. The maximum absolute atomic E-state index is 15.6. The maximum Gasteiger partial charge on any atom is 0.265 e. The molecular formula is C21H12F4N6O2S2. The van der Waals surface area contributed by atoms with Crippen LogP contribution in [0, 0.1) is 23.3 Å². The number of halogens is 4. The van der Waals surface area contributed by atoms with Crippen molar-refractivity contribution < 1.29 is 26.0 Å². The highest BCUT2D eigenvalue weighted by Gasteiger charge is 2.28.